The van der Waals surface area contributed by atoms with Crippen molar-refractivity contribution in [1.29, 1.82) is 0 Å². The Bertz CT molecular complexity index is 1040. The van der Waals surface area contributed by atoms with E-state index in [1.54, 1.807) is 6.08 Å². The zero-order valence-electron chi connectivity index (χ0n) is 45.1. The summed E-state index contributed by atoms with van der Waals surface area (Å²) >= 11 is 0. The van der Waals surface area contributed by atoms with Crippen molar-refractivity contribution < 1.29 is 24.5 Å². The maximum Gasteiger partial charge on any atom is 0.305 e. The highest BCUT2D eigenvalue weighted by atomic mass is 16.5. The Morgan fingerprint density at radius 3 is 1.06 bits per heavy atom. The highest BCUT2D eigenvalue weighted by Gasteiger charge is 2.18. The second kappa shape index (κ2) is 56.9. The first-order valence-corrected chi connectivity index (χ1v) is 30.1. The minimum absolute atomic E-state index is 0.0164. The molecule has 0 saturated carbocycles. The van der Waals surface area contributed by atoms with Gasteiger partial charge in [0, 0.05) is 12.8 Å². The molecule has 67 heavy (non-hydrogen) atoms. The molecule has 0 saturated heterocycles. The Morgan fingerprint density at radius 2 is 0.701 bits per heavy atom. The minimum atomic E-state index is -0.840. The van der Waals surface area contributed by atoms with E-state index in [-0.39, 0.29) is 18.5 Å². The molecule has 2 atom stereocenters. The fraction of sp³-hybridized carbons (Fsp3) is 0.902. The van der Waals surface area contributed by atoms with Gasteiger partial charge in [0.25, 0.3) is 0 Å². The Labute approximate surface area is 418 Å². The van der Waals surface area contributed by atoms with Crippen LogP contribution in [0.3, 0.4) is 0 Å². The van der Waals surface area contributed by atoms with Crippen molar-refractivity contribution in [1.82, 2.24) is 5.32 Å². The van der Waals surface area contributed by atoms with Crippen LogP contribution in [-0.4, -0.2) is 47.4 Å². The predicted octanol–water partition coefficient (Wildman–Crippen LogP) is 18.6. The molecule has 0 bridgehead atoms. The van der Waals surface area contributed by atoms with Crippen molar-refractivity contribution >= 4 is 11.9 Å². The number of carbonyl (C=O) groups excluding carboxylic acids is 2. The third kappa shape index (κ3) is 53.5. The molecule has 6 nitrogen and oxygen atoms in total. The number of aliphatic hydroxyl groups is 2. The van der Waals surface area contributed by atoms with Crippen molar-refractivity contribution in [3.63, 3.8) is 0 Å². The number of hydrogen-bond acceptors (Lipinski definition) is 5. The van der Waals surface area contributed by atoms with Crippen LogP contribution in [0.5, 0.6) is 0 Å². The van der Waals surface area contributed by atoms with E-state index in [1.165, 1.54) is 263 Å². The van der Waals surface area contributed by atoms with Crippen LogP contribution in [0.15, 0.2) is 24.3 Å². The summed E-state index contributed by atoms with van der Waals surface area (Å²) in [6.07, 6.45) is 69.5. The molecule has 0 aromatic heterocycles. The van der Waals surface area contributed by atoms with E-state index in [0.29, 0.717) is 19.4 Å². The molecular formula is C61H117NO5. The lowest BCUT2D eigenvalue weighted by molar-refractivity contribution is -0.143. The van der Waals surface area contributed by atoms with Crippen molar-refractivity contribution in [2.45, 2.75) is 341 Å². The third-order valence-corrected chi connectivity index (χ3v) is 14.0. The normalized spacial score (nSPS) is 12.7. The van der Waals surface area contributed by atoms with Gasteiger partial charge in [-0.3, -0.25) is 9.59 Å². The van der Waals surface area contributed by atoms with Crippen LogP contribution in [-0.2, 0) is 14.3 Å². The zero-order valence-corrected chi connectivity index (χ0v) is 45.1. The molecule has 396 valence electrons. The molecule has 0 radical (unpaired) electrons. The van der Waals surface area contributed by atoms with E-state index in [2.05, 4.69) is 31.3 Å². The quantitative estimate of drug-likeness (QED) is 0.0321. The molecule has 2 unspecified atom stereocenters. The number of nitrogens with one attached hydrogen (secondary N) is 1. The standard InChI is InChI=1S/C61H117NO5/c1-3-5-7-9-11-13-34-39-43-47-51-55-61(66)67-56-52-48-44-40-36-33-31-29-27-25-23-21-19-17-15-14-16-18-20-22-24-26-28-30-32-35-38-42-46-50-54-60(65)62-58(57-63)59(64)53-49-45-41-37-12-10-8-6-4-2/h15,17,49,53,58-59,63-64H,3-14,16,18-48,50-52,54-57H2,1-2H3,(H,62,65)/b17-15-,53-49+. The Balaban J connectivity index is 3.35. The number of allylic oxidation sites excluding steroid dienone is 3. The summed E-state index contributed by atoms with van der Waals surface area (Å²) in [5.74, 6) is -0.0520. The van der Waals surface area contributed by atoms with Gasteiger partial charge in [-0.05, 0) is 57.8 Å². The van der Waals surface area contributed by atoms with Crippen molar-refractivity contribution in [3.8, 4) is 0 Å². The summed E-state index contributed by atoms with van der Waals surface area (Å²) in [5.41, 5.74) is 0. The molecule has 0 aliphatic rings. The van der Waals surface area contributed by atoms with E-state index < -0.39 is 12.1 Å². The molecule has 0 rings (SSSR count). The van der Waals surface area contributed by atoms with Crippen LogP contribution >= 0.6 is 0 Å². The van der Waals surface area contributed by atoms with Gasteiger partial charge in [-0.2, -0.15) is 0 Å². The lowest BCUT2D eigenvalue weighted by atomic mass is 10.0. The fourth-order valence-corrected chi connectivity index (χ4v) is 9.34. The highest BCUT2D eigenvalue weighted by molar-refractivity contribution is 5.76. The van der Waals surface area contributed by atoms with Gasteiger partial charge in [0.1, 0.15) is 0 Å². The van der Waals surface area contributed by atoms with Gasteiger partial charge in [0.15, 0.2) is 0 Å². The molecule has 0 aliphatic carbocycles. The molecule has 0 aliphatic heterocycles. The second-order valence-corrected chi connectivity index (χ2v) is 20.7. The molecule has 0 aromatic carbocycles. The molecule has 6 heteroatoms. The summed E-state index contributed by atoms with van der Waals surface area (Å²) < 4.78 is 5.47. The number of rotatable bonds is 56. The maximum atomic E-state index is 12.4. The Morgan fingerprint density at radius 1 is 0.403 bits per heavy atom. The third-order valence-electron chi connectivity index (χ3n) is 14.0. The van der Waals surface area contributed by atoms with E-state index in [4.69, 9.17) is 4.74 Å². The maximum absolute atomic E-state index is 12.4. The fourth-order valence-electron chi connectivity index (χ4n) is 9.34. The largest absolute Gasteiger partial charge is 0.466 e. The van der Waals surface area contributed by atoms with Gasteiger partial charge in [-0.1, -0.05) is 282 Å². The van der Waals surface area contributed by atoms with Crippen LogP contribution < -0.4 is 5.32 Å². The van der Waals surface area contributed by atoms with Gasteiger partial charge >= 0.3 is 5.97 Å². The summed E-state index contributed by atoms with van der Waals surface area (Å²) in [6, 6.07) is -0.624. The lowest BCUT2D eigenvalue weighted by Gasteiger charge is -2.20. The number of aliphatic hydroxyl groups excluding tert-OH is 2. The first-order chi connectivity index (χ1) is 33.0. The average molecular weight is 945 g/mol. The van der Waals surface area contributed by atoms with Gasteiger partial charge in [0.05, 0.1) is 25.4 Å². The van der Waals surface area contributed by atoms with E-state index in [1.807, 2.05) is 6.08 Å². The molecule has 0 fully saturated rings. The number of ether oxygens (including phenoxy) is 1. The van der Waals surface area contributed by atoms with E-state index in [0.717, 1.165) is 38.5 Å². The SMILES string of the molecule is CCCCCCCCC/C=C/C(O)C(CO)NC(=O)CCCCCCCCCCCCCCCC/C=C\CCCCCCCCCCCCCCOC(=O)CCCCCCCCCCCCC. The van der Waals surface area contributed by atoms with E-state index in [9.17, 15) is 19.8 Å². The van der Waals surface area contributed by atoms with Crippen molar-refractivity contribution in [3.05, 3.63) is 24.3 Å². The summed E-state index contributed by atoms with van der Waals surface area (Å²) in [5, 5.41) is 22.9. The van der Waals surface area contributed by atoms with E-state index >= 15 is 0 Å². The van der Waals surface area contributed by atoms with Crippen molar-refractivity contribution in [2.75, 3.05) is 13.2 Å². The van der Waals surface area contributed by atoms with Gasteiger partial charge < -0.3 is 20.3 Å². The number of hydrogen-bond donors (Lipinski definition) is 3. The Hall–Kier alpha value is -1.66. The van der Waals surface area contributed by atoms with Gasteiger partial charge in [-0.25, -0.2) is 0 Å². The number of amides is 1. The molecule has 3 N–H and O–H groups in total. The number of carbonyl (C=O) groups is 2. The van der Waals surface area contributed by atoms with Gasteiger partial charge in [-0.15, -0.1) is 0 Å². The topological polar surface area (TPSA) is 95.9 Å². The minimum Gasteiger partial charge on any atom is -0.466 e. The number of esters is 1. The monoisotopic (exact) mass is 944 g/mol. The Kier molecular flexibility index (Phi) is 55.5. The molecule has 0 aromatic rings. The molecule has 1 amide bonds. The first kappa shape index (κ1) is 65.3. The predicted molar refractivity (Wildman–Crippen MR) is 292 cm³/mol. The summed E-state index contributed by atoms with van der Waals surface area (Å²) in [6.45, 7) is 4.88. The summed E-state index contributed by atoms with van der Waals surface area (Å²) in [4.78, 5) is 24.4. The lowest BCUT2D eigenvalue weighted by Crippen LogP contribution is -2.45. The van der Waals surface area contributed by atoms with Crippen LogP contribution in [0.25, 0.3) is 0 Å². The highest BCUT2D eigenvalue weighted by Crippen LogP contribution is 2.17. The molecule has 0 spiro atoms. The van der Waals surface area contributed by atoms with Crippen molar-refractivity contribution in [2.24, 2.45) is 0 Å². The second-order valence-electron chi connectivity index (χ2n) is 20.7. The molecular weight excluding hydrogens is 827 g/mol. The smallest absolute Gasteiger partial charge is 0.305 e. The van der Waals surface area contributed by atoms with Crippen LogP contribution in [0.2, 0.25) is 0 Å². The average Bonchev–Trinajstić information content (AvgIpc) is 3.33. The first-order valence-electron chi connectivity index (χ1n) is 30.1. The molecule has 0 heterocycles. The zero-order chi connectivity index (χ0) is 48.6. The summed E-state index contributed by atoms with van der Waals surface area (Å²) in [7, 11) is 0. The van der Waals surface area contributed by atoms with Crippen LogP contribution in [0, 0.1) is 0 Å². The van der Waals surface area contributed by atoms with Crippen LogP contribution in [0.4, 0.5) is 0 Å². The van der Waals surface area contributed by atoms with Crippen LogP contribution in [0.1, 0.15) is 328 Å². The number of unbranched alkanes of at least 4 members (excludes halogenated alkanes) is 43. The van der Waals surface area contributed by atoms with Gasteiger partial charge in [0.2, 0.25) is 5.91 Å².